The lowest BCUT2D eigenvalue weighted by Crippen LogP contribution is -2.60. The minimum atomic E-state index is -1.03. The van der Waals surface area contributed by atoms with E-state index in [0.29, 0.717) is 12.1 Å². The Balaban J connectivity index is 1.49. The lowest BCUT2D eigenvalue weighted by atomic mass is 9.85. The van der Waals surface area contributed by atoms with Crippen LogP contribution in [0.25, 0.3) is 43.6 Å². The van der Waals surface area contributed by atoms with Gasteiger partial charge in [0.25, 0.3) is 11.8 Å². The molecule has 0 radical (unpaired) electrons. The number of ether oxygens (including phenoxy) is 2. The molecule has 43 heavy (non-hydrogen) atoms. The topological polar surface area (TPSA) is 77.7 Å². The number of para-hydroxylation sites is 2. The van der Waals surface area contributed by atoms with Gasteiger partial charge in [-0.15, -0.1) is 0 Å². The highest BCUT2D eigenvalue weighted by atomic mass is 16.6. The summed E-state index contributed by atoms with van der Waals surface area (Å²) >= 11 is 0. The Hall–Kier alpha value is -4.66. The van der Waals surface area contributed by atoms with Gasteiger partial charge in [0.05, 0.1) is 27.6 Å². The number of benzene rings is 4. The van der Waals surface area contributed by atoms with E-state index in [4.69, 9.17) is 9.47 Å². The van der Waals surface area contributed by atoms with Crippen molar-refractivity contribution >= 4 is 55.4 Å². The van der Waals surface area contributed by atoms with Crippen molar-refractivity contribution in [3.63, 3.8) is 0 Å². The maximum atomic E-state index is 14.1. The molecular formula is C35H30N4O4. The van der Waals surface area contributed by atoms with Crippen molar-refractivity contribution in [1.29, 1.82) is 0 Å². The van der Waals surface area contributed by atoms with E-state index in [-0.39, 0.29) is 11.8 Å². The first-order chi connectivity index (χ1) is 20.8. The summed E-state index contributed by atoms with van der Waals surface area (Å²) < 4.78 is 18.3. The number of carbonyl (C=O) groups excluding carboxylic acids is 2. The van der Waals surface area contributed by atoms with Crippen LogP contribution in [0, 0.1) is 0 Å². The summed E-state index contributed by atoms with van der Waals surface area (Å²) in [4.78, 5) is 29.5. The van der Waals surface area contributed by atoms with Crippen molar-refractivity contribution in [3.8, 4) is 0 Å². The minimum Gasteiger partial charge on any atom is -0.371 e. The van der Waals surface area contributed by atoms with Crippen molar-refractivity contribution in [2.75, 3.05) is 14.2 Å². The molecule has 2 amide bonds. The molecule has 3 aliphatic heterocycles. The van der Waals surface area contributed by atoms with Gasteiger partial charge in [-0.05, 0) is 43.7 Å². The second-order valence-electron chi connectivity index (χ2n) is 12.3. The van der Waals surface area contributed by atoms with Crippen LogP contribution in [-0.4, -0.2) is 51.6 Å². The van der Waals surface area contributed by atoms with E-state index in [1.165, 1.54) is 0 Å². The van der Waals surface area contributed by atoms with Gasteiger partial charge >= 0.3 is 0 Å². The lowest BCUT2D eigenvalue weighted by Gasteiger charge is -2.45. The van der Waals surface area contributed by atoms with Crippen LogP contribution in [-0.2, 0) is 21.7 Å². The van der Waals surface area contributed by atoms with Crippen molar-refractivity contribution < 1.29 is 19.1 Å². The molecule has 0 spiro atoms. The molecule has 4 aromatic carbocycles. The number of aromatic nitrogens is 2. The fourth-order valence-corrected chi connectivity index (χ4v) is 8.40. The summed E-state index contributed by atoms with van der Waals surface area (Å²) in [7, 11) is 3.54. The number of carbonyl (C=O) groups is 2. The number of nitrogens with one attached hydrogen (secondary N) is 1. The van der Waals surface area contributed by atoms with Crippen LogP contribution < -0.4 is 5.32 Å². The lowest BCUT2D eigenvalue weighted by molar-refractivity contribution is -0.184. The third kappa shape index (κ3) is 2.70. The van der Waals surface area contributed by atoms with Gasteiger partial charge in [-0.25, -0.2) is 0 Å². The number of hydrogen-bond acceptors (Lipinski definition) is 4. The first-order valence-electron chi connectivity index (χ1n) is 14.7. The van der Waals surface area contributed by atoms with Gasteiger partial charge in [0, 0.05) is 47.8 Å². The van der Waals surface area contributed by atoms with E-state index in [1.807, 2.05) is 61.6 Å². The molecule has 6 aromatic rings. The molecule has 2 aromatic heterocycles. The molecule has 0 saturated carbocycles. The zero-order valence-electron chi connectivity index (χ0n) is 24.3. The zero-order chi connectivity index (χ0) is 29.4. The number of nitrogens with zero attached hydrogens (tertiary/aromatic N) is 3. The number of methoxy groups -OCH3 is 1. The zero-order valence-corrected chi connectivity index (χ0v) is 24.3. The number of rotatable bonds is 3. The first kappa shape index (κ1) is 24.9. The smallest absolute Gasteiger partial charge is 0.254 e. The van der Waals surface area contributed by atoms with E-state index in [1.54, 1.807) is 12.0 Å². The Morgan fingerprint density at radius 3 is 2.30 bits per heavy atom. The first-order valence-corrected chi connectivity index (χ1v) is 14.7. The molecule has 9 rings (SSSR count). The highest BCUT2D eigenvalue weighted by Crippen LogP contribution is 2.59. The van der Waals surface area contributed by atoms with Crippen molar-refractivity contribution in [3.05, 3.63) is 95.6 Å². The van der Waals surface area contributed by atoms with Gasteiger partial charge in [-0.1, -0.05) is 54.6 Å². The van der Waals surface area contributed by atoms with Crippen molar-refractivity contribution in [1.82, 2.24) is 19.4 Å². The second kappa shape index (κ2) is 8.03. The van der Waals surface area contributed by atoms with Crippen LogP contribution in [0.1, 0.15) is 46.4 Å². The molecule has 3 aliphatic rings. The van der Waals surface area contributed by atoms with Crippen LogP contribution in [0.15, 0.2) is 78.9 Å². The molecule has 8 heteroatoms. The van der Waals surface area contributed by atoms with Crippen LogP contribution >= 0.6 is 0 Å². The average molecular weight is 571 g/mol. The van der Waals surface area contributed by atoms with Gasteiger partial charge in [0.2, 0.25) is 0 Å². The molecule has 1 N–H and O–H groups in total. The molecule has 1 fully saturated rings. The van der Waals surface area contributed by atoms with Crippen LogP contribution in [0.5, 0.6) is 0 Å². The quantitative estimate of drug-likeness (QED) is 0.287. The number of likely N-dealkylation sites (N-methyl/N-ethyl adjacent to an activating group) is 1. The maximum absolute atomic E-state index is 14.1. The summed E-state index contributed by atoms with van der Waals surface area (Å²) in [5.41, 5.74) is 4.24. The molecule has 214 valence electrons. The molecule has 1 saturated heterocycles. The van der Waals surface area contributed by atoms with Crippen LogP contribution in [0.2, 0.25) is 0 Å². The predicted molar refractivity (Wildman–Crippen MR) is 165 cm³/mol. The van der Waals surface area contributed by atoms with Gasteiger partial charge in [0.15, 0.2) is 12.0 Å². The van der Waals surface area contributed by atoms with Gasteiger partial charge in [-0.3, -0.25) is 9.59 Å². The number of amides is 2. The number of fused-ring (bicyclic) bond motifs is 13. The number of hydrogen-bond donors (Lipinski definition) is 1. The predicted octanol–water partition coefficient (Wildman–Crippen LogP) is 5.91. The summed E-state index contributed by atoms with van der Waals surface area (Å²) in [6.07, 6.45) is -0.612. The van der Waals surface area contributed by atoms with Gasteiger partial charge in [0.1, 0.15) is 11.6 Å². The Morgan fingerprint density at radius 2 is 1.58 bits per heavy atom. The minimum absolute atomic E-state index is 0.0622. The monoisotopic (exact) mass is 570 g/mol. The molecule has 0 aliphatic carbocycles. The second-order valence-corrected chi connectivity index (χ2v) is 12.3. The van der Waals surface area contributed by atoms with Gasteiger partial charge < -0.3 is 28.8 Å². The van der Waals surface area contributed by atoms with Crippen LogP contribution in [0.3, 0.4) is 0 Å². The molecule has 5 heterocycles. The Morgan fingerprint density at radius 1 is 0.930 bits per heavy atom. The van der Waals surface area contributed by atoms with E-state index in [0.717, 1.165) is 54.7 Å². The van der Waals surface area contributed by atoms with Crippen LogP contribution in [0.4, 0.5) is 0 Å². The van der Waals surface area contributed by atoms with Crippen molar-refractivity contribution in [2.24, 2.45) is 0 Å². The normalized spacial score (nSPS) is 25.6. The van der Waals surface area contributed by atoms with E-state index in [9.17, 15) is 9.59 Å². The van der Waals surface area contributed by atoms with Gasteiger partial charge in [-0.2, -0.15) is 0 Å². The summed E-state index contributed by atoms with van der Waals surface area (Å²) in [5, 5.41) is 7.14. The molecule has 2 bridgehead atoms. The SMILES string of the molecule is CO[C@]1(C)[C@H](N(C)C(=O)c2ccccc2)[C@H]2O[C@]1(C)n1c3ccccc3c3c4c(c5c6ccccc6n2c5c31)C(=O)NC4. The maximum Gasteiger partial charge on any atom is 0.254 e. The summed E-state index contributed by atoms with van der Waals surface area (Å²) in [6.45, 7) is 4.60. The average Bonchev–Trinajstić information content (AvgIpc) is 3.72. The Labute approximate surface area is 247 Å². The van der Waals surface area contributed by atoms with Crippen molar-refractivity contribution in [2.45, 2.75) is 44.0 Å². The van der Waals surface area contributed by atoms with E-state index < -0.39 is 23.6 Å². The fourth-order valence-electron chi connectivity index (χ4n) is 8.40. The largest absolute Gasteiger partial charge is 0.371 e. The highest BCUT2D eigenvalue weighted by Gasteiger charge is 2.67. The highest BCUT2D eigenvalue weighted by molar-refractivity contribution is 6.31. The third-order valence-electron chi connectivity index (χ3n) is 10.5. The third-order valence-corrected chi connectivity index (χ3v) is 10.5. The summed E-state index contributed by atoms with van der Waals surface area (Å²) in [5.74, 6) is -0.177. The molecule has 8 nitrogen and oxygen atoms in total. The molecule has 0 unspecified atom stereocenters. The molecular weight excluding hydrogens is 540 g/mol. The Bertz CT molecular complexity index is 2220. The standard InChI is InChI=1S/C35H30N4O4/c1-34(42-4)30(37(3)32(41)19-12-6-5-7-13-19)33-38-23-16-10-8-14-20(23)26-27-22(18-36-31(27)40)25-21-15-9-11-17-24(21)39(29(25)28(26)38)35(34,2)43-33/h5-17,30,33H,18H2,1-4H3,(H,36,40)/t30-,33-,34-,35+/m1/s1. The Kier molecular flexibility index (Phi) is 4.65. The van der Waals surface area contributed by atoms with E-state index >= 15 is 0 Å². The van der Waals surface area contributed by atoms with E-state index in [2.05, 4.69) is 52.6 Å². The summed E-state index contributed by atoms with van der Waals surface area (Å²) in [6, 6.07) is 25.3. The molecule has 4 atom stereocenters. The fraction of sp³-hybridized carbons (Fsp3) is 0.257.